The van der Waals surface area contributed by atoms with Crippen LogP contribution in [-0.2, 0) is 6.54 Å². The summed E-state index contributed by atoms with van der Waals surface area (Å²) in [6.45, 7) is 5.51. The number of likely N-dealkylation sites (N-methyl/N-ethyl adjacent to an activating group) is 1. The van der Waals surface area contributed by atoms with Crippen molar-refractivity contribution in [1.29, 1.82) is 0 Å². The van der Waals surface area contributed by atoms with Gasteiger partial charge in [-0.25, -0.2) is 9.78 Å². The number of piperazine rings is 1. The van der Waals surface area contributed by atoms with Gasteiger partial charge in [0.25, 0.3) is 0 Å². The molecule has 2 aliphatic rings. The van der Waals surface area contributed by atoms with Gasteiger partial charge in [0, 0.05) is 45.5 Å². The Morgan fingerprint density at radius 3 is 2.64 bits per heavy atom. The van der Waals surface area contributed by atoms with Crippen molar-refractivity contribution in [3.63, 3.8) is 0 Å². The van der Waals surface area contributed by atoms with Gasteiger partial charge in [0.1, 0.15) is 5.82 Å². The minimum Gasteiger partial charge on any atom is -0.354 e. The molecule has 1 aliphatic carbocycles. The van der Waals surface area contributed by atoms with Crippen LogP contribution in [0.15, 0.2) is 18.3 Å². The third kappa shape index (κ3) is 4.34. The van der Waals surface area contributed by atoms with Gasteiger partial charge >= 0.3 is 6.03 Å². The molecule has 120 valence electrons. The van der Waals surface area contributed by atoms with Gasteiger partial charge in [-0.15, -0.1) is 0 Å². The molecule has 1 aromatic rings. The molecule has 1 aromatic heterocycles. The predicted molar refractivity (Wildman–Crippen MR) is 86.9 cm³/mol. The lowest BCUT2D eigenvalue weighted by Crippen LogP contribution is -2.44. The number of urea groups is 1. The zero-order valence-electron chi connectivity index (χ0n) is 13.2. The lowest BCUT2D eigenvalue weighted by Gasteiger charge is -2.33. The van der Waals surface area contributed by atoms with E-state index in [9.17, 15) is 4.79 Å². The number of nitrogens with one attached hydrogen (secondary N) is 2. The van der Waals surface area contributed by atoms with Gasteiger partial charge in [0.2, 0.25) is 0 Å². The molecule has 0 unspecified atom stereocenters. The third-order valence-corrected chi connectivity index (χ3v) is 4.34. The van der Waals surface area contributed by atoms with Crippen molar-refractivity contribution in [3.8, 4) is 0 Å². The molecular weight excluding hydrogens is 278 g/mol. The average molecular weight is 303 g/mol. The highest BCUT2D eigenvalue weighted by atomic mass is 16.2. The van der Waals surface area contributed by atoms with Gasteiger partial charge in [-0.1, -0.05) is 6.07 Å². The average Bonchev–Trinajstić information content (AvgIpc) is 3.37. The number of aromatic nitrogens is 1. The van der Waals surface area contributed by atoms with Crippen molar-refractivity contribution in [2.75, 3.05) is 44.7 Å². The number of hydrogen-bond donors (Lipinski definition) is 2. The molecule has 1 aliphatic heterocycles. The Balaban J connectivity index is 1.43. The molecule has 1 saturated heterocycles. The highest BCUT2D eigenvalue weighted by Crippen LogP contribution is 2.27. The second-order valence-corrected chi connectivity index (χ2v) is 6.32. The molecular formula is C16H25N5O. The van der Waals surface area contributed by atoms with Crippen LogP contribution in [0.5, 0.6) is 0 Å². The zero-order chi connectivity index (χ0) is 15.4. The van der Waals surface area contributed by atoms with Crippen LogP contribution in [0.25, 0.3) is 0 Å². The third-order valence-electron chi connectivity index (χ3n) is 4.34. The Bertz CT molecular complexity index is 492. The first-order valence-electron chi connectivity index (χ1n) is 8.11. The topological polar surface area (TPSA) is 60.5 Å². The smallest absolute Gasteiger partial charge is 0.315 e. The van der Waals surface area contributed by atoms with Crippen LogP contribution >= 0.6 is 0 Å². The summed E-state index contributed by atoms with van der Waals surface area (Å²) < 4.78 is 0. The zero-order valence-corrected chi connectivity index (χ0v) is 13.2. The lowest BCUT2D eigenvalue weighted by molar-refractivity contribution is 0.240. The Morgan fingerprint density at radius 2 is 2.00 bits per heavy atom. The SMILES string of the molecule is CN1CCN(c2ccc(CNC(=O)NCC3CC3)cn2)CC1. The first kappa shape index (κ1) is 15.1. The molecule has 2 amide bonds. The fraction of sp³-hybridized carbons (Fsp3) is 0.625. The molecule has 0 spiro atoms. The van der Waals surface area contributed by atoms with Crippen molar-refractivity contribution in [3.05, 3.63) is 23.9 Å². The van der Waals surface area contributed by atoms with E-state index >= 15 is 0 Å². The largest absolute Gasteiger partial charge is 0.354 e. The van der Waals surface area contributed by atoms with E-state index in [1.165, 1.54) is 12.8 Å². The van der Waals surface area contributed by atoms with Crippen molar-refractivity contribution >= 4 is 11.8 Å². The number of rotatable bonds is 5. The summed E-state index contributed by atoms with van der Waals surface area (Å²) in [4.78, 5) is 20.8. The van der Waals surface area contributed by atoms with E-state index < -0.39 is 0 Å². The molecule has 1 saturated carbocycles. The Kier molecular flexibility index (Phi) is 4.77. The van der Waals surface area contributed by atoms with E-state index in [0.29, 0.717) is 12.5 Å². The number of pyridine rings is 1. The molecule has 0 bridgehead atoms. The number of amides is 2. The summed E-state index contributed by atoms with van der Waals surface area (Å²) in [6.07, 6.45) is 4.35. The normalized spacial score (nSPS) is 19.0. The number of carbonyl (C=O) groups excluding carboxylic acids is 1. The monoisotopic (exact) mass is 303 g/mol. The van der Waals surface area contributed by atoms with E-state index in [1.54, 1.807) is 0 Å². The fourth-order valence-corrected chi connectivity index (χ4v) is 2.55. The molecule has 2 heterocycles. The molecule has 2 N–H and O–H groups in total. The van der Waals surface area contributed by atoms with E-state index in [0.717, 1.165) is 44.1 Å². The first-order chi connectivity index (χ1) is 10.7. The highest BCUT2D eigenvalue weighted by molar-refractivity contribution is 5.73. The van der Waals surface area contributed by atoms with Crippen LogP contribution < -0.4 is 15.5 Å². The summed E-state index contributed by atoms with van der Waals surface area (Å²) in [5.74, 6) is 1.73. The Hall–Kier alpha value is -1.82. The van der Waals surface area contributed by atoms with E-state index in [-0.39, 0.29) is 6.03 Å². The lowest BCUT2D eigenvalue weighted by atomic mass is 10.2. The summed E-state index contributed by atoms with van der Waals surface area (Å²) in [6, 6.07) is 4.00. The maximum absolute atomic E-state index is 11.6. The van der Waals surface area contributed by atoms with E-state index in [2.05, 4.69) is 32.5 Å². The van der Waals surface area contributed by atoms with Gasteiger partial charge in [-0.05, 0) is 37.4 Å². The minimum atomic E-state index is -0.0879. The summed E-state index contributed by atoms with van der Waals surface area (Å²) in [5, 5.41) is 5.78. The molecule has 22 heavy (non-hydrogen) atoms. The van der Waals surface area contributed by atoms with Gasteiger partial charge in [-0.3, -0.25) is 0 Å². The maximum atomic E-state index is 11.6. The minimum absolute atomic E-state index is 0.0879. The van der Waals surface area contributed by atoms with E-state index in [4.69, 9.17) is 0 Å². The summed E-state index contributed by atoms with van der Waals surface area (Å²) in [5.41, 5.74) is 1.03. The van der Waals surface area contributed by atoms with Crippen molar-refractivity contribution < 1.29 is 4.79 Å². The van der Waals surface area contributed by atoms with Gasteiger partial charge in [-0.2, -0.15) is 0 Å². The second kappa shape index (κ2) is 6.96. The van der Waals surface area contributed by atoms with Crippen LogP contribution in [0.4, 0.5) is 10.6 Å². The van der Waals surface area contributed by atoms with Crippen LogP contribution in [0, 0.1) is 5.92 Å². The standard InChI is InChI=1S/C16H25N5O/c1-20-6-8-21(9-7-20)15-5-4-14(11-17-15)12-19-16(22)18-10-13-2-3-13/h4-5,11,13H,2-3,6-10,12H2,1H3,(H2,18,19,22). The Morgan fingerprint density at radius 1 is 1.23 bits per heavy atom. The molecule has 2 fully saturated rings. The quantitative estimate of drug-likeness (QED) is 0.853. The molecule has 6 heteroatoms. The van der Waals surface area contributed by atoms with E-state index in [1.807, 2.05) is 18.3 Å². The van der Waals surface area contributed by atoms with Crippen LogP contribution in [0.2, 0.25) is 0 Å². The molecule has 6 nitrogen and oxygen atoms in total. The van der Waals surface area contributed by atoms with Gasteiger partial charge < -0.3 is 20.4 Å². The van der Waals surface area contributed by atoms with Crippen molar-refractivity contribution in [1.82, 2.24) is 20.5 Å². The summed E-state index contributed by atoms with van der Waals surface area (Å²) >= 11 is 0. The molecule has 0 atom stereocenters. The summed E-state index contributed by atoms with van der Waals surface area (Å²) in [7, 11) is 2.15. The Labute approximate surface area is 131 Å². The predicted octanol–water partition coefficient (Wildman–Crippen LogP) is 1.04. The van der Waals surface area contributed by atoms with Crippen molar-refractivity contribution in [2.45, 2.75) is 19.4 Å². The second-order valence-electron chi connectivity index (χ2n) is 6.32. The fourth-order valence-electron chi connectivity index (χ4n) is 2.55. The van der Waals surface area contributed by atoms with Crippen LogP contribution in [0.3, 0.4) is 0 Å². The van der Waals surface area contributed by atoms with Gasteiger partial charge in [0.15, 0.2) is 0 Å². The number of hydrogen-bond acceptors (Lipinski definition) is 4. The number of carbonyl (C=O) groups is 1. The first-order valence-corrected chi connectivity index (χ1v) is 8.11. The van der Waals surface area contributed by atoms with Crippen LogP contribution in [-0.4, -0.2) is 55.7 Å². The molecule has 3 rings (SSSR count). The van der Waals surface area contributed by atoms with Gasteiger partial charge in [0.05, 0.1) is 0 Å². The maximum Gasteiger partial charge on any atom is 0.315 e. The van der Waals surface area contributed by atoms with Crippen LogP contribution in [0.1, 0.15) is 18.4 Å². The van der Waals surface area contributed by atoms with Crippen molar-refractivity contribution in [2.24, 2.45) is 5.92 Å². The molecule has 0 aromatic carbocycles. The number of anilines is 1. The number of nitrogens with zero attached hydrogens (tertiary/aromatic N) is 3. The highest BCUT2D eigenvalue weighted by Gasteiger charge is 2.21. The molecule has 0 radical (unpaired) electrons.